The van der Waals surface area contributed by atoms with E-state index in [-0.39, 0.29) is 6.61 Å². The van der Waals surface area contributed by atoms with Crippen molar-refractivity contribution >= 4 is 29.0 Å². The largest absolute Gasteiger partial charge is 0.497 e. The SMILES string of the molecule is COc1cccc(CNC(=O)COC(=O)/C=C/c2cnc3ccccc3n2)c1. The number of rotatable bonds is 7. The molecule has 0 aliphatic carbocycles. The van der Waals surface area contributed by atoms with E-state index < -0.39 is 11.9 Å². The first-order chi connectivity index (χ1) is 13.6. The van der Waals surface area contributed by atoms with Crippen molar-refractivity contribution in [3.05, 3.63) is 72.1 Å². The minimum atomic E-state index is -0.633. The molecule has 0 atom stereocenters. The van der Waals surface area contributed by atoms with Crippen LogP contribution in [0.1, 0.15) is 11.3 Å². The fourth-order valence-electron chi connectivity index (χ4n) is 2.42. The molecule has 0 fully saturated rings. The third-order valence-electron chi connectivity index (χ3n) is 3.83. The number of fused-ring (bicyclic) bond motifs is 1. The molecule has 1 N–H and O–H groups in total. The lowest BCUT2D eigenvalue weighted by Gasteiger charge is -2.07. The summed E-state index contributed by atoms with van der Waals surface area (Å²) in [5, 5.41) is 2.68. The van der Waals surface area contributed by atoms with Gasteiger partial charge in [-0.05, 0) is 35.9 Å². The molecule has 3 aromatic rings. The maximum atomic E-state index is 11.8. The molecule has 0 saturated carbocycles. The van der Waals surface area contributed by atoms with E-state index in [4.69, 9.17) is 9.47 Å². The highest BCUT2D eigenvalue weighted by atomic mass is 16.5. The van der Waals surface area contributed by atoms with Crippen molar-refractivity contribution in [1.82, 2.24) is 15.3 Å². The minimum Gasteiger partial charge on any atom is -0.497 e. The van der Waals surface area contributed by atoms with Crippen LogP contribution in [-0.4, -0.2) is 35.6 Å². The predicted octanol–water partition coefficient (Wildman–Crippen LogP) is 2.51. The number of benzene rings is 2. The van der Waals surface area contributed by atoms with Gasteiger partial charge in [0.05, 0.1) is 30.0 Å². The summed E-state index contributed by atoms with van der Waals surface area (Å²) in [4.78, 5) is 32.3. The van der Waals surface area contributed by atoms with Crippen LogP contribution in [0.25, 0.3) is 17.1 Å². The monoisotopic (exact) mass is 377 g/mol. The van der Waals surface area contributed by atoms with Crippen LogP contribution in [0.4, 0.5) is 0 Å². The van der Waals surface area contributed by atoms with Crippen LogP contribution in [0.3, 0.4) is 0 Å². The van der Waals surface area contributed by atoms with Gasteiger partial charge in [0.2, 0.25) is 0 Å². The van der Waals surface area contributed by atoms with Crippen molar-refractivity contribution in [2.45, 2.75) is 6.54 Å². The summed E-state index contributed by atoms with van der Waals surface area (Å²) in [7, 11) is 1.58. The van der Waals surface area contributed by atoms with Crippen LogP contribution in [-0.2, 0) is 20.9 Å². The quantitative estimate of drug-likeness (QED) is 0.503. The molecule has 142 valence electrons. The van der Waals surface area contributed by atoms with Crippen molar-refractivity contribution in [2.24, 2.45) is 0 Å². The van der Waals surface area contributed by atoms with E-state index in [0.717, 1.165) is 16.6 Å². The Hall–Kier alpha value is -3.74. The van der Waals surface area contributed by atoms with Gasteiger partial charge in [-0.2, -0.15) is 0 Å². The van der Waals surface area contributed by atoms with Crippen LogP contribution < -0.4 is 10.1 Å². The third kappa shape index (κ3) is 5.38. The van der Waals surface area contributed by atoms with E-state index >= 15 is 0 Å². The number of amides is 1. The zero-order valence-corrected chi connectivity index (χ0v) is 15.3. The summed E-state index contributed by atoms with van der Waals surface area (Å²) in [5.41, 5.74) is 2.91. The van der Waals surface area contributed by atoms with E-state index in [0.29, 0.717) is 18.0 Å². The van der Waals surface area contributed by atoms with Crippen LogP contribution in [0.2, 0.25) is 0 Å². The number of ether oxygens (including phenoxy) is 2. The minimum absolute atomic E-state index is 0.316. The average molecular weight is 377 g/mol. The van der Waals surface area contributed by atoms with Gasteiger partial charge in [0.25, 0.3) is 5.91 Å². The van der Waals surface area contributed by atoms with Gasteiger partial charge in [-0.25, -0.2) is 9.78 Å². The van der Waals surface area contributed by atoms with E-state index in [1.54, 1.807) is 13.3 Å². The lowest BCUT2D eigenvalue weighted by molar-refractivity contribution is -0.143. The van der Waals surface area contributed by atoms with Crippen LogP contribution in [0.5, 0.6) is 5.75 Å². The number of hydrogen-bond acceptors (Lipinski definition) is 6. The number of nitrogens with zero attached hydrogens (tertiary/aromatic N) is 2. The number of esters is 1. The van der Waals surface area contributed by atoms with Crippen LogP contribution in [0.15, 0.2) is 60.8 Å². The molecule has 0 saturated heterocycles. The van der Waals surface area contributed by atoms with Crippen molar-refractivity contribution < 1.29 is 19.1 Å². The Morgan fingerprint density at radius 1 is 1.11 bits per heavy atom. The van der Waals surface area contributed by atoms with Gasteiger partial charge in [0, 0.05) is 12.6 Å². The summed E-state index contributed by atoms with van der Waals surface area (Å²) >= 11 is 0. The molecule has 3 rings (SSSR count). The number of carbonyl (C=O) groups is 2. The molecule has 0 spiro atoms. The average Bonchev–Trinajstić information content (AvgIpc) is 2.74. The normalized spacial score (nSPS) is 10.8. The lowest BCUT2D eigenvalue weighted by atomic mass is 10.2. The summed E-state index contributed by atoms with van der Waals surface area (Å²) in [5.74, 6) is -0.318. The van der Waals surface area contributed by atoms with Gasteiger partial charge in [-0.15, -0.1) is 0 Å². The molecule has 0 unspecified atom stereocenters. The Bertz CT molecular complexity index is 1020. The predicted molar refractivity (Wildman–Crippen MR) is 104 cm³/mol. The highest BCUT2D eigenvalue weighted by Crippen LogP contribution is 2.12. The molecule has 0 radical (unpaired) electrons. The maximum Gasteiger partial charge on any atom is 0.331 e. The van der Waals surface area contributed by atoms with Crippen molar-refractivity contribution in [3.8, 4) is 5.75 Å². The van der Waals surface area contributed by atoms with Gasteiger partial charge in [0.1, 0.15) is 5.75 Å². The molecule has 7 nitrogen and oxygen atoms in total. The second kappa shape index (κ2) is 9.27. The molecule has 2 aromatic carbocycles. The van der Waals surface area contributed by atoms with Gasteiger partial charge >= 0.3 is 5.97 Å². The molecule has 0 bridgehead atoms. The molecular formula is C21H19N3O4. The fourth-order valence-corrected chi connectivity index (χ4v) is 2.42. The Morgan fingerprint density at radius 2 is 1.93 bits per heavy atom. The molecule has 0 aliphatic rings. The van der Waals surface area contributed by atoms with Gasteiger partial charge in [-0.1, -0.05) is 24.3 Å². The standard InChI is InChI=1S/C21H19N3O4/c1-27-17-6-4-5-15(11-17)12-23-20(25)14-28-21(26)10-9-16-13-22-18-7-2-3-8-19(18)24-16/h2-11,13H,12,14H2,1H3,(H,23,25)/b10-9+. The number of carbonyl (C=O) groups excluding carboxylic acids is 2. The Labute approximate surface area is 162 Å². The smallest absolute Gasteiger partial charge is 0.331 e. The number of para-hydroxylation sites is 2. The van der Waals surface area contributed by atoms with E-state index in [9.17, 15) is 9.59 Å². The second-order valence-electron chi connectivity index (χ2n) is 5.85. The van der Waals surface area contributed by atoms with E-state index in [2.05, 4.69) is 15.3 Å². The third-order valence-corrected chi connectivity index (χ3v) is 3.83. The highest BCUT2D eigenvalue weighted by molar-refractivity contribution is 5.89. The molecule has 1 heterocycles. The number of aromatic nitrogens is 2. The first-order valence-corrected chi connectivity index (χ1v) is 8.60. The van der Waals surface area contributed by atoms with Crippen molar-refractivity contribution in [3.63, 3.8) is 0 Å². The molecule has 28 heavy (non-hydrogen) atoms. The van der Waals surface area contributed by atoms with Gasteiger partial charge in [0.15, 0.2) is 6.61 Å². The van der Waals surface area contributed by atoms with Crippen LogP contribution >= 0.6 is 0 Å². The fraction of sp³-hybridized carbons (Fsp3) is 0.143. The first-order valence-electron chi connectivity index (χ1n) is 8.60. The summed E-state index contributed by atoms with van der Waals surface area (Å²) < 4.78 is 10.1. The van der Waals surface area contributed by atoms with Gasteiger partial charge in [-0.3, -0.25) is 9.78 Å². The summed E-state index contributed by atoms with van der Waals surface area (Å²) in [6, 6.07) is 14.8. The zero-order valence-electron chi connectivity index (χ0n) is 15.3. The number of methoxy groups -OCH3 is 1. The van der Waals surface area contributed by atoms with Crippen molar-refractivity contribution in [1.29, 1.82) is 0 Å². The van der Waals surface area contributed by atoms with Crippen molar-refractivity contribution in [2.75, 3.05) is 13.7 Å². The molecule has 0 aliphatic heterocycles. The molecular weight excluding hydrogens is 358 g/mol. The Balaban J connectivity index is 1.46. The molecule has 1 aromatic heterocycles. The van der Waals surface area contributed by atoms with Gasteiger partial charge < -0.3 is 14.8 Å². The van der Waals surface area contributed by atoms with E-state index in [1.807, 2.05) is 48.5 Å². The first kappa shape index (κ1) is 19.0. The zero-order chi connectivity index (χ0) is 19.8. The van der Waals surface area contributed by atoms with Crippen LogP contribution in [0, 0.1) is 0 Å². The Kier molecular flexibility index (Phi) is 6.30. The summed E-state index contributed by atoms with van der Waals surface area (Å²) in [6.07, 6.45) is 4.27. The summed E-state index contributed by atoms with van der Waals surface area (Å²) in [6.45, 7) is -0.0490. The molecule has 1 amide bonds. The molecule has 7 heteroatoms. The maximum absolute atomic E-state index is 11.8. The number of hydrogen-bond donors (Lipinski definition) is 1. The topological polar surface area (TPSA) is 90.4 Å². The highest BCUT2D eigenvalue weighted by Gasteiger charge is 2.06. The van der Waals surface area contributed by atoms with E-state index in [1.165, 1.54) is 12.2 Å². The lowest BCUT2D eigenvalue weighted by Crippen LogP contribution is -2.28. The second-order valence-corrected chi connectivity index (χ2v) is 5.85. The number of nitrogens with one attached hydrogen (secondary N) is 1. The Morgan fingerprint density at radius 3 is 2.75 bits per heavy atom.